The number of benzene rings is 1. The number of nitrogens with zero attached hydrogens (tertiary/aromatic N) is 1. The van der Waals surface area contributed by atoms with Gasteiger partial charge >= 0.3 is 0 Å². The lowest BCUT2D eigenvalue weighted by atomic mass is 10.1. The second kappa shape index (κ2) is 5.46. The topological polar surface area (TPSA) is 89.3 Å². The molecule has 1 N–H and O–H groups in total. The van der Waals surface area contributed by atoms with Crippen molar-refractivity contribution in [3.63, 3.8) is 0 Å². The van der Waals surface area contributed by atoms with E-state index in [1.54, 1.807) is 37.3 Å². The standard InChI is InChI=1S/C13H14N2O4S/c1-9-7-12(15-19-9)14-13(16)11-5-3-10(4-6-11)8-20(2,17)18/h3-7H,8H2,1-2H3,(H,14,15,16). The Kier molecular flexibility index (Phi) is 3.89. The third-order valence-electron chi connectivity index (χ3n) is 2.51. The Morgan fingerprint density at radius 3 is 2.45 bits per heavy atom. The van der Waals surface area contributed by atoms with Crippen LogP contribution < -0.4 is 5.32 Å². The van der Waals surface area contributed by atoms with Crippen LogP contribution in [0.5, 0.6) is 0 Å². The number of anilines is 1. The summed E-state index contributed by atoms with van der Waals surface area (Å²) >= 11 is 0. The Bertz CT molecular complexity index is 717. The Morgan fingerprint density at radius 2 is 1.95 bits per heavy atom. The maximum absolute atomic E-state index is 11.9. The summed E-state index contributed by atoms with van der Waals surface area (Å²) in [6.45, 7) is 1.72. The third-order valence-corrected chi connectivity index (χ3v) is 3.37. The number of carbonyl (C=O) groups excluding carboxylic acids is 1. The van der Waals surface area contributed by atoms with Crippen LogP contribution in [0, 0.1) is 6.92 Å². The smallest absolute Gasteiger partial charge is 0.256 e. The molecule has 0 spiro atoms. The highest BCUT2D eigenvalue weighted by Crippen LogP contribution is 2.11. The van der Waals surface area contributed by atoms with Gasteiger partial charge in [0.15, 0.2) is 15.7 Å². The van der Waals surface area contributed by atoms with Crippen molar-refractivity contribution < 1.29 is 17.7 Å². The van der Waals surface area contributed by atoms with E-state index in [9.17, 15) is 13.2 Å². The number of hydrogen-bond donors (Lipinski definition) is 1. The van der Waals surface area contributed by atoms with Crippen LogP contribution in [0.3, 0.4) is 0 Å². The van der Waals surface area contributed by atoms with Crippen molar-refractivity contribution in [2.75, 3.05) is 11.6 Å². The van der Waals surface area contributed by atoms with Gasteiger partial charge in [0.05, 0.1) is 5.75 Å². The first-order chi connectivity index (χ1) is 9.33. The highest BCUT2D eigenvalue weighted by atomic mass is 32.2. The third kappa shape index (κ3) is 3.92. The Morgan fingerprint density at radius 1 is 1.30 bits per heavy atom. The van der Waals surface area contributed by atoms with Crippen LogP contribution >= 0.6 is 0 Å². The molecule has 1 aromatic heterocycles. The van der Waals surface area contributed by atoms with E-state index < -0.39 is 9.84 Å². The van der Waals surface area contributed by atoms with Crippen molar-refractivity contribution in [1.82, 2.24) is 5.16 Å². The molecule has 2 aromatic rings. The molecule has 2 rings (SSSR count). The minimum Gasteiger partial charge on any atom is -0.360 e. The highest BCUT2D eigenvalue weighted by Gasteiger charge is 2.10. The van der Waals surface area contributed by atoms with E-state index in [4.69, 9.17) is 4.52 Å². The van der Waals surface area contributed by atoms with Crippen molar-refractivity contribution in [1.29, 1.82) is 0 Å². The lowest BCUT2D eigenvalue weighted by Gasteiger charge is -2.03. The molecule has 0 atom stereocenters. The fourth-order valence-corrected chi connectivity index (χ4v) is 2.47. The molecule has 0 bridgehead atoms. The minimum atomic E-state index is -3.08. The molecule has 106 valence electrons. The Hall–Kier alpha value is -2.15. The number of aryl methyl sites for hydroxylation is 1. The van der Waals surface area contributed by atoms with Gasteiger partial charge in [0.25, 0.3) is 5.91 Å². The molecule has 1 aromatic carbocycles. The molecule has 0 aliphatic carbocycles. The summed E-state index contributed by atoms with van der Waals surface area (Å²) in [6.07, 6.45) is 1.17. The van der Waals surface area contributed by atoms with Gasteiger partial charge in [-0.05, 0) is 24.6 Å². The monoisotopic (exact) mass is 294 g/mol. The number of rotatable bonds is 4. The van der Waals surface area contributed by atoms with E-state index in [-0.39, 0.29) is 11.7 Å². The van der Waals surface area contributed by atoms with Crippen LogP contribution in [-0.4, -0.2) is 25.7 Å². The molecule has 20 heavy (non-hydrogen) atoms. The molecule has 0 saturated carbocycles. The first-order valence-electron chi connectivity index (χ1n) is 5.85. The zero-order valence-electron chi connectivity index (χ0n) is 11.1. The molecule has 0 fully saturated rings. The molecule has 1 heterocycles. The van der Waals surface area contributed by atoms with Crippen LogP contribution in [0.1, 0.15) is 21.7 Å². The molecule has 0 aliphatic rings. The van der Waals surface area contributed by atoms with Gasteiger partial charge in [0.2, 0.25) is 0 Å². The second-order valence-corrected chi connectivity index (χ2v) is 6.68. The fraction of sp³-hybridized carbons (Fsp3) is 0.231. The number of sulfone groups is 1. The molecule has 7 heteroatoms. The van der Waals surface area contributed by atoms with Gasteiger partial charge in [-0.25, -0.2) is 8.42 Å². The lowest BCUT2D eigenvalue weighted by Crippen LogP contribution is -2.12. The summed E-state index contributed by atoms with van der Waals surface area (Å²) in [5.41, 5.74) is 1.06. The predicted molar refractivity (Wildman–Crippen MR) is 74.2 cm³/mol. The van der Waals surface area contributed by atoms with Gasteiger partial charge in [-0.15, -0.1) is 0 Å². The van der Waals surface area contributed by atoms with E-state index in [1.807, 2.05) is 0 Å². The largest absolute Gasteiger partial charge is 0.360 e. The highest BCUT2D eigenvalue weighted by molar-refractivity contribution is 7.89. The van der Waals surface area contributed by atoms with E-state index in [1.165, 1.54) is 6.26 Å². The molecular weight excluding hydrogens is 280 g/mol. The van der Waals surface area contributed by atoms with E-state index in [0.29, 0.717) is 22.7 Å². The van der Waals surface area contributed by atoms with Gasteiger partial charge < -0.3 is 9.84 Å². The van der Waals surface area contributed by atoms with Gasteiger partial charge in [-0.1, -0.05) is 17.3 Å². The minimum absolute atomic E-state index is 0.0443. The molecule has 0 saturated heterocycles. The maximum atomic E-state index is 11.9. The average molecular weight is 294 g/mol. The normalized spacial score (nSPS) is 11.3. The number of aromatic nitrogens is 1. The summed E-state index contributed by atoms with van der Waals surface area (Å²) in [5, 5.41) is 6.25. The summed E-state index contributed by atoms with van der Waals surface area (Å²) < 4.78 is 27.2. The SMILES string of the molecule is Cc1cc(NC(=O)c2ccc(CS(C)(=O)=O)cc2)no1. The molecule has 1 amide bonds. The van der Waals surface area contributed by atoms with Gasteiger partial charge in [0.1, 0.15) is 5.76 Å². The maximum Gasteiger partial charge on any atom is 0.256 e. The second-order valence-electron chi connectivity index (χ2n) is 4.54. The van der Waals surface area contributed by atoms with Crippen LogP contribution in [0.2, 0.25) is 0 Å². The van der Waals surface area contributed by atoms with Crippen LogP contribution in [-0.2, 0) is 15.6 Å². The number of nitrogens with one attached hydrogen (secondary N) is 1. The quantitative estimate of drug-likeness (QED) is 0.928. The van der Waals surface area contributed by atoms with Crippen molar-refractivity contribution in [2.24, 2.45) is 0 Å². The van der Waals surface area contributed by atoms with Crippen LogP contribution in [0.4, 0.5) is 5.82 Å². The van der Waals surface area contributed by atoms with Gasteiger partial charge in [0, 0.05) is 17.9 Å². The summed E-state index contributed by atoms with van der Waals surface area (Å²) in [5.74, 6) is 0.568. The van der Waals surface area contributed by atoms with Crippen molar-refractivity contribution >= 4 is 21.6 Å². The summed E-state index contributed by atoms with van der Waals surface area (Å²) in [6, 6.07) is 7.98. The molecule has 0 aliphatic heterocycles. The predicted octanol–water partition coefficient (Wildman–Crippen LogP) is 1.78. The van der Waals surface area contributed by atoms with Crippen molar-refractivity contribution in [2.45, 2.75) is 12.7 Å². The van der Waals surface area contributed by atoms with Crippen molar-refractivity contribution in [3.05, 3.63) is 47.2 Å². The van der Waals surface area contributed by atoms with E-state index >= 15 is 0 Å². The van der Waals surface area contributed by atoms with Crippen molar-refractivity contribution in [3.8, 4) is 0 Å². The fourth-order valence-electron chi connectivity index (χ4n) is 1.67. The first-order valence-corrected chi connectivity index (χ1v) is 7.91. The Balaban J connectivity index is 2.07. The first kappa shape index (κ1) is 14.3. The molecular formula is C13H14N2O4S. The van der Waals surface area contributed by atoms with Gasteiger partial charge in [-0.2, -0.15) is 0 Å². The van der Waals surface area contributed by atoms with Crippen LogP contribution in [0.15, 0.2) is 34.9 Å². The summed E-state index contributed by atoms with van der Waals surface area (Å²) in [4.78, 5) is 11.9. The number of carbonyl (C=O) groups is 1. The number of amides is 1. The van der Waals surface area contributed by atoms with Gasteiger partial charge in [-0.3, -0.25) is 4.79 Å². The zero-order chi connectivity index (χ0) is 14.8. The zero-order valence-corrected chi connectivity index (χ0v) is 11.9. The molecule has 6 nitrogen and oxygen atoms in total. The Labute approximate surface area is 116 Å². The van der Waals surface area contributed by atoms with E-state index in [2.05, 4.69) is 10.5 Å². The van der Waals surface area contributed by atoms with Crippen LogP contribution in [0.25, 0.3) is 0 Å². The molecule has 0 radical (unpaired) electrons. The summed E-state index contributed by atoms with van der Waals surface area (Å²) in [7, 11) is -3.08. The molecule has 0 unspecified atom stereocenters. The lowest BCUT2D eigenvalue weighted by molar-refractivity contribution is 0.102. The average Bonchev–Trinajstić information content (AvgIpc) is 2.73. The van der Waals surface area contributed by atoms with E-state index in [0.717, 1.165) is 0 Å². The number of hydrogen-bond acceptors (Lipinski definition) is 5.